The van der Waals surface area contributed by atoms with Crippen molar-refractivity contribution in [1.82, 2.24) is 14.7 Å². The van der Waals surface area contributed by atoms with Gasteiger partial charge in [0.25, 0.3) is 5.91 Å². The van der Waals surface area contributed by atoms with Gasteiger partial charge in [0.1, 0.15) is 5.82 Å². The molecule has 124 valence electrons. The van der Waals surface area contributed by atoms with Crippen molar-refractivity contribution >= 4 is 27.5 Å². The molecular weight excluding hydrogens is 338 g/mol. The molecule has 6 nitrogen and oxygen atoms in total. The molecule has 0 saturated heterocycles. The third-order valence-corrected chi connectivity index (χ3v) is 5.28. The summed E-state index contributed by atoms with van der Waals surface area (Å²) in [5.74, 6) is -0.238. The van der Waals surface area contributed by atoms with Gasteiger partial charge >= 0.3 is 0 Å². The summed E-state index contributed by atoms with van der Waals surface area (Å²) in [5.41, 5.74) is 1.42. The van der Waals surface area contributed by atoms with Gasteiger partial charge in [0.05, 0.1) is 5.25 Å². The molecular formula is C15H18ClN3O3S. The maximum atomic E-state index is 12.2. The minimum atomic E-state index is -3.70. The molecule has 0 radical (unpaired) electrons. The molecule has 0 aliphatic heterocycles. The molecule has 0 aliphatic rings. The summed E-state index contributed by atoms with van der Waals surface area (Å²) in [7, 11) is -3.70. The van der Waals surface area contributed by atoms with Crippen LogP contribution >= 0.6 is 11.6 Å². The van der Waals surface area contributed by atoms with Crippen LogP contribution in [-0.2, 0) is 16.4 Å². The zero-order valence-electron chi connectivity index (χ0n) is 13.1. The largest absolute Gasteiger partial charge is 0.341 e. The molecule has 2 N–H and O–H groups in total. The van der Waals surface area contributed by atoms with Gasteiger partial charge in [-0.1, -0.05) is 18.5 Å². The van der Waals surface area contributed by atoms with Crippen LogP contribution in [0.15, 0.2) is 24.3 Å². The molecule has 1 amide bonds. The highest BCUT2D eigenvalue weighted by molar-refractivity contribution is 7.90. The second-order valence-electron chi connectivity index (χ2n) is 5.30. The molecule has 1 aromatic heterocycles. The summed E-state index contributed by atoms with van der Waals surface area (Å²) < 4.78 is 25.7. The first-order chi connectivity index (χ1) is 10.7. The number of H-pyrrole nitrogens is 1. The molecule has 0 unspecified atom stereocenters. The van der Waals surface area contributed by atoms with E-state index in [4.69, 9.17) is 11.6 Å². The van der Waals surface area contributed by atoms with E-state index >= 15 is 0 Å². The van der Waals surface area contributed by atoms with Crippen molar-refractivity contribution in [3.8, 4) is 11.4 Å². The number of carbonyl (C=O) groups is 1. The highest BCUT2D eigenvalue weighted by Gasteiger charge is 2.24. The number of nitrogens with one attached hydrogen (secondary N) is 2. The fourth-order valence-electron chi connectivity index (χ4n) is 1.89. The lowest BCUT2D eigenvalue weighted by Crippen LogP contribution is -2.36. The van der Waals surface area contributed by atoms with Gasteiger partial charge in [-0.25, -0.2) is 18.1 Å². The van der Waals surface area contributed by atoms with Crippen molar-refractivity contribution in [2.75, 3.05) is 0 Å². The van der Waals surface area contributed by atoms with Crippen LogP contribution in [0.2, 0.25) is 5.02 Å². The Bertz CT molecular complexity index is 811. The number of carbonyl (C=O) groups excluding carboxylic acids is 1. The molecule has 2 rings (SSSR count). The number of aromatic nitrogens is 2. The molecule has 0 fully saturated rings. The van der Waals surface area contributed by atoms with E-state index in [-0.39, 0.29) is 5.69 Å². The van der Waals surface area contributed by atoms with Gasteiger partial charge in [-0.3, -0.25) is 4.79 Å². The molecule has 8 heteroatoms. The SMILES string of the molecule is CCc1[nH]c(-c2ccc(Cl)cc2)nc1C(=O)NS(=O)(=O)C(C)C. The monoisotopic (exact) mass is 355 g/mol. The zero-order chi connectivity index (χ0) is 17.2. The zero-order valence-corrected chi connectivity index (χ0v) is 14.6. The van der Waals surface area contributed by atoms with Crippen molar-refractivity contribution in [2.24, 2.45) is 0 Å². The number of hydrogen-bond donors (Lipinski definition) is 2. The van der Waals surface area contributed by atoms with E-state index in [0.29, 0.717) is 23.0 Å². The van der Waals surface area contributed by atoms with E-state index in [1.54, 1.807) is 24.3 Å². The highest BCUT2D eigenvalue weighted by Crippen LogP contribution is 2.21. The molecule has 2 aromatic rings. The van der Waals surface area contributed by atoms with E-state index < -0.39 is 21.2 Å². The highest BCUT2D eigenvalue weighted by atomic mass is 35.5. The van der Waals surface area contributed by atoms with Crippen LogP contribution in [0.25, 0.3) is 11.4 Å². The predicted molar refractivity (Wildman–Crippen MR) is 89.9 cm³/mol. The second kappa shape index (κ2) is 6.72. The van der Waals surface area contributed by atoms with Crippen LogP contribution in [0.3, 0.4) is 0 Å². The molecule has 0 atom stereocenters. The third-order valence-electron chi connectivity index (χ3n) is 3.32. The molecule has 1 aromatic carbocycles. The summed E-state index contributed by atoms with van der Waals surface area (Å²) >= 11 is 5.85. The lowest BCUT2D eigenvalue weighted by Gasteiger charge is -2.08. The minimum absolute atomic E-state index is 0.0849. The fraction of sp³-hybridized carbons (Fsp3) is 0.333. The first kappa shape index (κ1) is 17.5. The number of rotatable bonds is 5. The van der Waals surface area contributed by atoms with Gasteiger partial charge in [-0.2, -0.15) is 0 Å². The first-order valence-corrected chi connectivity index (χ1v) is 9.07. The number of hydrogen-bond acceptors (Lipinski definition) is 4. The lowest BCUT2D eigenvalue weighted by atomic mass is 10.2. The van der Waals surface area contributed by atoms with Gasteiger partial charge in [0, 0.05) is 16.3 Å². The Labute approximate surface area is 140 Å². The maximum Gasteiger partial charge on any atom is 0.285 e. The maximum absolute atomic E-state index is 12.2. The average Bonchev–Trinajstić information content (AvgIpc) is 2.91. The topological polar surface area (TPSA) is 91.9 Å². The molecule has 1 heterocycles. The summed E-state index contributed by atoms with van der Waals surface area (Å²) in [5, 5.41) is -0.108. The van der Waals surface area contributed by atoms with Crippen LogP contribution in [0.4, 0.5) is 0 Å². The second-order valence-corrected chi connectivity index (χ2v) is 7.97. The number of sulfonamides is 1. The van der Waals surface area contributed by atoms with E-state index in [0.717, 1.165) is 5.56 Å². The smallest absolute Gasteiger partial charge is 0.285 e. The normalized spacial score (nSPS) is 11.7. The number of aromatic amines is 1. The number of nitrogens with zero attached hydrogens (tertiary/aromatic N) is 1. The number of benzene rings is 1. The van der Waals surface area contributed by atoms with E-state index in [2.05, 4.69) is 14.7 Å². The Kier molecular flexibility index (Phi) is 5.11. The molecule has 23 heavy (non-hydrogen) atoms. The quantitative estimate of drug-likeness (QED) is 0.862. The van der Waals surface area contributed by atoms with Gasteiger partial charge in [-0.15, -0.1) is 0 Å². The van der Waals surface area contributed by atoms with Gasteiger partial charge in [0.15, 0.2) is 5.69 Å². The summed E-state index contributed by atoms with van der Waals surface area (Å²) in [6, 6.07) is 6.97. The molecule has 0 bridgehead atoms. The summed E-state index contributed by atoms with van der Waals surface area (Å²) in [6.07, 6.45) is 0.519. The number of imidazole rings is 1. The van der Waals surface area contributed by atoms with Crippen molar-refractivity contribution in [2.45, 2.75) is 32.4 Å². The Morgan fingerprint density at radius 2 is 1.91 bits per heavy atom. The van der Waals surface area contributed by atoms with Crippen LogP contribution in [0.1, 0.15) is 37.0 Å². The van der Waals surface area contributed by atoms with Crippen molar-refractivity contribution in [3.63, 3.8) is 0 Å². The summed E-state index contributed by atoms with van der Waals surface area (Å²) in [6.45, 7) is 4.85. The third kappa shape index (κ3) is 3.92. The Balaban J connectivity index is 2.36. The van der Waals surface area contributed by atoms with Crippen molar-refractivity contribution < 1.29 is 13.2 Å². The predicted octanol–water partition coefficient (Wildman–Crippen LogP) is 2.76. The molecule has 0 spiro atoms. The van der Waals surface area contributed by atoms with Crippen LogP contribution in [0.5, 0.6) is 0 Å². The van der Waals surface area contributed by atoms with E-state index in [1.165, 1.54) is 13.8 Å². The average molecular weight is 356 g/mol. The van der Waals surface area contributed by atoms with E-state index in [1.807, 2.05) is 6.92 Å². The van der Waals surface area contributed by atoms with Crippen LogP contribution in [0, 0.1) is 0 Å². The number of amides is 1. The van der Waals surface area contributed by atoms with E-state index in [9.17, 15) is 13.2 Å². The fourth-order valence-corrected chi connectivity index (χ4v) is 2.61. The molecule has 0 aliphatic carbocycles. The Hall–Kier alpha value is -1.86. The number of halogens is 1. The summed E-state index contributed by atoms with van der Waals surface area (Å²) in [4.78, 5) is 19.6. The lowest BCUT2D eigenvalue weighted by molar-refractivity contribution is 0.0976. The minimum Gasteiger partial charge on any atom is -0.341 e. The Morgan fingerprint density at radius 1 is 1.30 bits per heavy atom. The van der Waals surface area contributed by atoms with Gasteiger partial charge < -0.3 is 4.98 Å². The standard InChI is InChI=1S/C15H18ClN3O3S/c1-4-12-13(15(20)19-23(21,22)9(2)3)18-14(17-12)10-5-7-11(16)8-6-10/h5-9H,4H2,1-3H3,(H,17,18)(H,19,20). The number of aryl methyl sites for hydroxylation is 1. The van der Waals surface area contributed by atoms with Crippen molar-refractivity contribution in [3.05, 3.63) is 40.7 Å². The van der Waals surface area contributed by atoms with Gasteiger partial charge in [0.2, 0.25) is 10.0 Å². The van der Waals surface area contributed by atoms with Crippen LogP contribution in [-0.4, -0.2) is 29.5 Å². The van der Waals surface area contributed by atoms with Crippen LogP contribution < -0.4 is 4.72 Å². The van der Waals surface area contributed by atoms with Crippen molar-refractivity contribution in [1.29, 1.82) is 0 Å². The molecule has 0 saturated carbocycles. The van der Waals surface area contributed by atoms with Gasteiger partial charge in [-0.05, 0) is 44.5 Å². The Morgan fingerprint density at radius 3 is 2.43 bits per heavy atom. The first-order valence-electron chi connectivity index (χ1n) is 7.15.